The Balaban J connectivity index is 1.63. The number of benzene rings is 2. The van der Waals surface area contributed by atoms with E-state index in [0.29, 0.717) is 24.7 Å². The van der Waals surface area contributed by atoms with E-state index in [1.54, 1.807) is 6.20 Å². The molecule has 2 aromatic carbocycles. The Hall–Kier alpha value is -2.88. The Bertz CT molecular complexity index is 924. The number of carbonyl (C=O) groups is 1. The number of oxazole rings is 1. The zero-order valence-electron chi connectivity index (χ0n) is 16.4. The predicted molar refractivity (Wildman–Crippen MR) is 109 cm³/mol. The largest absolute Gasteiger partial charge is 0.441 e. The van der Waals surface area contributed by atoms with E-state index in [0.717, 1.165) is 28.1 Å². The lowest BCUT2D eigenvalue weighted by Gasteiger charge is -2.16. The van der Waals surface area contributed by atoms with Gasteiger partial charge in [0.1, 0.15) is 0 Å². The molecule has 0 atom stereocenters. The fourth-order valence-corrected chi connectivity index (χ4v) is 3.04. The summed E-state index contributed by atoms with van der Waals surface area (Å²) in [7, 11) is 0. The van der Waals surface area contributed by atoms with Crippen LogP contribution in [-0.4, -0.2) is 10.9 Å². The van der Waals surface area contributed by atoms with Crippen molar-refractivity contribution >= 4 is 11.6 Å². The molecule has 27 heavy (non-hydrogen) atoms. The zero-order chi connectivity index (χ0) is 19.4. The van der Waals surface area contributed by atoms with Gasteiger partial charge in [0.05, 0.1) is 6.20 Å². The molecule has 3 rings (SSSR count). The van der Waals surface area contributed by atoms with Crippen LogP contribution in [-0.2, 0) is 11.2 Å². The number of anilines is 1. The summed E-state index contributed by atoms with van der Waals surface area (Å²) in [4.78, 5) is 16.8. The van der Waals surface area contributed by atoms with Gasteiger partial charge >= 0.3 is 0 Å². The third-order valence-corrected chi connectivity index (χ3v) is 4.65. The number of carbonyl (C=O) groups excluding carboxylic acids is 1. The highest BCUT2D eigenvalue weighted by Gasteiger charge is 2.13. The van der Waals surface area contributed by atoms with Crippen LogP contribution in [0.3, 0.4) is 0 Å². The number of aryl methyl sites for hydroxylation is 3. The van der Waals surface area contributed by atoms with Gasteiger partial charge in [-0.2, -0.15) is 0 Å². The van der Waals surface area contributed by atoms with Crippen molar-refractivity contribution in [1.29, 1.82) is 0 Å². The van der Waals surface area contributed by atoms with Crippen molar-refractivity contribution in [3.05, 3.63) is 71.2 Å². The minimum atomic E-state index is -0.0266. The monoisotopic (exact) mass is 362 g/mol. The molecule has 0 spiro atoms. The van der Waals surface area contributed by atoms with Crippen molar-refractivity contribution in [2.75, 3.05) is 5.32 Å². The Kier molecular flexibility index (Phi) is 5.75. The van der Waals surface area contributed by atoms with Crippen molar-refractivity contribution in [2.45, 2.75) is 46.5 Å². The van der Waals surface area contributed by atoms with Crippen LogP contribution in [0.15, 0.2) is 53.1 Å². The molecule has 3 aromatic rings. The highest BCUT2D eigenvalue weighted by molar-refractivity contribution is 5.92. The van der Waals surface area contributed by atoms with E-state index in [-0.39, 0.29) is 5.91 Å². The minimum Gasteiger partial charge on any atom is -0.441 e. The molecule has 0 aliphatic rings. The van der Waals surface area contributed by atoms with E-state index in [1.807, 2.05) is 50.2 Å². The molecular formula is C23H26N2O2. The number of nitrogens with zero attached hydrogens (tertiary/aromatic N) is 1. The van der Waals surface area contributed by atoms with Crippen molar-refractivity contribution in [2.24, 2.45) is 0 Å². The first-order valence-electron chi connectivity index (χ1n) is 9.35. The molecule has 0 unspecified atom stereocenters. The summed E-state index contributed by atoms with van der Waals surface area (Å²) in [5.74, 6) is 1.63. The maximum absolute atomic E-state index is 12.4. The van der Waals surface area contributed by atoms with E-state index >= 15 is 0 Å². The summed E-state index contributed by atoms with van der Waals surface area (Å²) < 4.78 is 5.80. The zero-order valence-corrected chi connectivity index (χ0v) is 16.4. The predicted octanol–water partition coefficient (Wildman–Crippen LogP) is 5.65. The van der Waals surface area contributed by atoms with Gasteiger partial charge in [-0.3, -0.25) is 4.79 Å². The topological polar surface area (TPSA) is 55.1 Å². The lowest BCUT2D eigenvalue weighted by molar-refractivity contribution is -0.116. The van der Waals surface area contributed by atoms with Crippen molar-refractivity contribution in [3.63, 3.8) is 0 Å². The molecule has 1 heterocycles. The fraction of sp³-hybridized carbons (Fsp3) is 0.304. The lowest BCUT2D eigenvalue weighted by Crippen LogP contribution is -2.15. The van der Waals surface area contributed by atoms with Gasteiger partial charge in [-0.25, -0.2) is 4.98 Å². The molecule has 1 amide bonds. The molecule has 1 aromatic heterocycles. The average Bonchev–Trinajstić information content (AvgIpc) is 3.11. The maximum atomic E-state index is 12.4. The Labute approximate surface area is 160 Å². The number of hydrogen-bond acceptors (Lipinski definition) is 3. The molecule has 0 saturated heterocycles. The van der Waals surface area contributed by atoms with E-state index in [1.165, 1.54) is 5.56 Å². The van der Waals surface area contributed by atoms with Gasteiger partial charge in [0, 0.05) is 24.1 Å². The van der Waals surface area contributed by atoms with E-state index in [2.05, 4.69) is 30.2 Å². The molecule has 4 heteroatoms. The molecule has 0 aliphatic carbocycles. The molecule has 0 bridgehead atoms. The van der Waals surface area contributed by atoms with Crippen molar-refractivity contribution in [1.82, 2.24) is 4.98 Å². The van der Waals surface area contributed by atoms with Crippen LogP contribution in [0.5, 0.6) is 0 Å². The number of rotatable bonds is 6. The maximum Gasteiger partial charge on any atom is 0.224 e. The summed E-state index contributed by atoms with van der Waals surface area (Å²) in [6.07, 6.45) is 2.52. The second-order valence-electron chi connectivity index (χ2n) is 7.23. The second-order valence-corrected chi connectivity index (χ2v) is 7.23. The van der Waals surface area contributed by atoms with Crippen molar-refractivity contribution in [3.8, 4) is 11.3 Å². The molecule has 0 radical (unpaired) electrons. The molecular weight excluding hydrogens is 336 g/mol. The minimum absolute atomic E-state index is 0.0266. The summed E-state index contributed by atoms with van der Waals surface area (Å²) in [6, 6.07) is 14.2. The van der Waals surface area contributed by atoms with E-state index in [9.17, 15) is 4.79 Å². The van der Waals surface area contributed by atoms with Crippen molar-refractivity contribution < 1.29 is 9.21 Å². The molecule has 1 N–H and O–H groups in total. The van der Waals surface area contributed by atoms with Gasteiger partial charge in [-0.05, 0) is 30.9 Å². The van der Waals surface area contributed by atoms with Crippen LogP contribution in [0, 0.1) is 13.8 Å². The fourth-order valence-electron chi connectivity index (χ4n) is 3.04. The van der Waals surface area contributed by atoms with E-state index < -0.39 is 0 Å². The van der Waals surface area contributed by atoms with Gasteiger partial charge in [0.15, 0.2) is 11.7 Å². The summed E-state index contributed by atoms with van der Waals surface area (Å²) in [5, 5.41) is 3.07. The molecule has 4 nitrogen and oxygen atoms in total. The standard InChI is InChI=1S/C23H26N2O2/c1-15(2)19-7-5-6-17(4)23(19)25-21(26)12-13-22-24-14-20(27-22)18-10-8-16(3)9-11-18/h5-11,14-15H,12-13H2,1-4H3,(H,25,26). The normalized spacial score (nSPS) is 11.0. The first-order chi connectivity index (χ1) is 12.9. The van der Waals surface area contributed by atoms with Crippen LogP contribution in [0.25, 0.3) is 11.3 Å². The quantitative estimate of drug-likeness (QED) is 0.616. The highest BCUT2D eigenvalue weighted by atomic mass is 16.4. The Morgan fingerprint density at radius 1 is 1.11 bits per heavy atom. The number of para-hydroxylation sites is 1. The van der Waals surface area contributed by atoms with Gasteiger partial charge in [-0.15, -0.1) is 0 Å². The van der Waals surface area contributed by atoms with Gasteiger partial charge < -0.3 is 9.73 Å². The van der Waals surface area contributed by atoms with E-state index in [4.69, 9.17) is 4.42 Å². The summed E-state index contributed by atoms with van der Waals surface area (Å²) in [6.45, 7) is 8.32. The molecule has 0 saturated carbocycles. The Morgan fingerprint density at radius 2 is 1.85 bits per heavy atom. The summed E-state index contributed by atoms with van der Waals surface area (Å²) >= 11 is 0. The lowest BCUT2D eigenvalue weighted by atomic mass is 9.98. The van der Waals surface area contributed by atoms with Crippen LogP contribution >= 0.6 is 0 Å². The van der Waals surface area contributed by atoms with Gasteiger partial charge in [0.2, 0.25) is 5.91 Å². The molecule has 140 valence electrons. The van der Waals surface area contributed by atoms with Gasteiger partial charge in [-0.1, -0.05) is 61.9 Å². The number of aromatic nitrogens is 1. The number of nitrogens with one attached hydrogen (secondary N) is 1. The SMILES string of the molecule is Cc1ccc(-c2cnc(CCC(=O)Nc3c(C)cccc3C(C)C)o2)cc1. The number of amides is 1. The number of hydrogen-bond donors (Lipinski definition) is 1. The second kappa shape index (κ2) is 8.21. The first-order valence-corrected chi connectivity index (χ1v) is 9.35. The summed E-state index contributed by atoms with van der Waals surface area (Å²) in [5.41, 5.74) is 5.34. The molecule has 0 fully saturated rings. The van der Waals surface area contributed by atoms with Crippen LogP contribution in [0.1, 0.15) is 48.8 Å². The third kappa shape index (κ3) is 4.64. The molecule has 0 aliphatic heterocycles. The third-order valence-electron chi connectivity index (χ3n) is 4.65. The van der Waals surface area contributed by atoms with Crippen LogP contribution in [0.4, 0.5) is 5.69 Å². The van der Waals surface area contributed by atoms with Crippen LogP contribution < -0.4 is 5.32 Å². The average molecular weight is 362 g/mol. The highest BCUT2D eigenvalue weighted by Crippen LogP contribution is 2.27. The smallest absolute Gasteiger partial charge is 0.224 e. The first kappa shape index (κ1) is 18.9. The van der Waals surface area contributed by atoms with Gasteiger partial charge in [0.25, 0.3) is 0 Å². The Morgan fingerprint density at radius 3 is 2.56 bits per heavy atom. The van der Waals surface area contributed by atoms with Crippen LogP contribution in [0.2, 0.25) is 0 Å².